The van der Waals surface area contributed by atoms with Gasteiger partial charge in [0.25, 0.3) is 0 Å². The molecule has 3 nitrogen and oxygen atoms in total. The van der Waals surface area contributed by atoms with Crippen molar-refractivity contribution < 1.29 is 14.9 Å². The van der Waals surface area contributed by atoms with E-state index in [1.807, 2.05) is 6.07 Å². The number of hydrogen-bond acceptors (Lipinski definition) is 5. The van der Waals surface area contributed by atoms with Gasteiger partial charge in [-0.05, 0) is 54.9 Å². The van der Waals surface area contributed by atoms with E-state index in [-0.39, 0.29) is 9.83 Å². The second-order valence-corrected chi connectivity index (χ2v) is 9.01. The number of phenols is 1. The van der Waals surface area contributed by atoms with Crippen molar-refractivity contribution in [2.24, 2.45) is 0 Å². The summed E-state index contributed by atoms with van der Waals surface area (Å²) in [5.74, 6) is 3.21. The van der Waals surface area contributed by atoms with E-state index in [0.29, 0.717) is 5.75 Å². The highest BCUT2D eigenvalue weighted by atomic mass is 32.2. The van der Waals surface area contributed by atoms with Crippen LogP contribution in [0.1, 0.15) is 31.2 Å². The molecule has 1 fully saturated rings. The summed E-state index contributed by atoms with van der Waals surface area (Å²) in [5, 5.41) is 20.0. The summed E-state index contributed by atoms with van der Waals surface area (Å²) in [5.41, 5.74) is 3.30. The Balaban J connectivity index is 1.73. The monoisotopic (exact) mass is 322 g/mol. The minimum Gasteiger partial charge on any atom is -0.508 e. The highest BCUT2D eigenvalue weighted by molar-refractivity contribution is 8.18. The zero-order chi connectivity index (χ0) is 14.4. The summed E-state index contributed by atoms with van der Waals surface area (Å²) in [7, 11) is 0. The van der Waals surface area contributed by atoms with Crippen molar-refractivity contribution in [3.63, 3.8) is 0 Å². The molecule has 0 aromatic heterocycles. The number of allylic oxidation sites excluding steroid dienone is 1. The molecule has 0 bridgehead atoms. The summed E-state index contributed by atoms with van der Waals surface area (Å²) in [4.78, 5) is 0. The first-order valence-corrected chi connectivity index (χ1v) is 9.32. The van der Waals surface area contributed by atoms with Crippen LogP contribution in [0.15, 0.2) is 23.8 Å². The van der Waals surface area contributed by atoms with Crippen LogP contribution in [-0.2, 0) is 0 Å². The second kappa shape index (κ2) is 5.14. The van der Waals surface area contributed by atoms with Gasteiger partial charge < -0.3 is 14.9 Å². The van der Waals surface area contributed by atoms with Gasteiger partial charge in [-0.15, -0.1) is 23.5 Å². The lowest BCUT2D eigenvalue weighted by Crippen LogP contribution is -2.35. The maximum absolute atomic E-state index is 10.4. The van der Waals surface area contributed by atoms with Gasteiger partial charge >= 0.3 is 0 Å². The molecular weight excluding hydrogens is 304 g/mol. The number of benzene rings is 1. The summed E-state index contributed by atoms with van der Waals surface area (Å²) in [6.45, 7) is 0. The van der Waals surface area contributed by atoms with E-state index >= 15 is 0 Å². The number of thioether (sulfide) groups is 2. The van der Waals surface area contributed by atoms with E-state index in [9.17, 15) is 10.2 Å². The highest BCUT2D eigenvalue weighted by Crippen LogP contribution is 2.56. The fourth-order valence-electron chi connectivity index (χ4n) is 3.42. The Morgan fingerprint density at radius 1 is 1.24 bits per heavy atom. The Morgan fingerprint density at radius 2 is 2.05 bits per heavy atom. The average molecular weight is 322 g/mol. The molecule has 2 N–H and O–H groups in total. The smallest absolute Gasteiger partial charge is 0.220 e. The van der Waals surface area contributed by atoms with Crippen LogP contribution in [0.2, 0.25) is 0 Å². The fourth-order valence-corrected chi connectivity index (χ4v) is 6.76. The molecule has 0 radical (unpaired) electrons. The van der Waals surface area contributed by atoms with Crippen LogP contribution < -0.4 is 4.74 Å². The predicted molar refractivity (Wildman–Crippen MR) is 87.8 cm³/mol. The molecular formula is C16H18O3S2. The Morgan fingerprint density at radius 3 is 2.86 bits per heavy atom. The number of phenolic OH excluding ortho intramolecular Hbond substituents is 1. The molecule has 1 atom stereocenters. The number of aliphatic hydroxyl groups excluding tert-OH is 1. The van der Waals surface area contributed by atoms with Gasteiger partial charge in [-0.25, -0.2) is 0 Å². The Bertz CT molecular complexity index is 606. The molecule has 0 amide bonds. The maximum Gasteiger partial charge on any atom is 0.220 e. The van der Waals surface area contributed by atoms with E-state index in [2.05, 4.69) is 23.5 Å². The summed E-state index contributed by atoms with van der Waals surface area (Å²) < 4.78 is 5.87. The van der Waals surface area contributed by atoms with Crippen LogP contribution in [0.25, 0.3) is 5.57 Å². The number of hydrogen-bond donors (Lipinski definition) is 2. The van der Waals surface area contributed by atoms with Crippen LogP contribution in [-0.4, -0.2) is 32.1 Å². The minimum absolute atomic E-state index is 0.177. The Labute approximate surface area is 132 Å². The largest absolute Gasteiger partial charge is 0.508 e. The summed E-state index contributed by atoms with van der Waals surface area (Å²) >= 11 is 4.10. The molecule has 4 rings (SSSR count). The van der Waals surface area contributed by atoms with E-state index in [1.165, 1.54) is 23.5 Å². The first-order valence-electron chi connectivity index (χ1n) is 7.35. The number of aliphatic hydroxyl groups is 1. The molecule has 3 aliphatic rings. The van der Waals surface area contributed by atoms with E-state index in [4.69, 9.17) is 4.74 Å². The van der Waals surface area contributed by atoms with Crippen LogP contribution in [0, 0.1) is 0 Å². The van der Waals surface area contributed by atoms with Crippen molar-refractivity contribution in [1.29, 1.82) is 0 Å². The molecule has 2 heterocycles. The van der Waals surface area contributed by atoms with E-state index in [1.54, 1.807) is 12.1 Å². The van der Waals surface area contributed by atoms with Gasteiger partial charge in [-0.2, -0.15) is 0 Å². The van der Waals surface area contributed by atoms with Gasteiger partial charge in [-0.3, -0.25) is 0 Å². The van der Waals surface area contributed by atoms with Crippen molar-refractivity contribution >= 4 is 29.1 Å². The minimum atomic E-state index is -0.866. The normalized spacial score (nSPS) is 27.0. The molecule has 1 spiro atoms. The number of ether oxygens (including phenoxy) is 1. The molecule has 2 aliphatic heterocycles. The van der Waals surface area contributed by atoms with Crippen LogP contribution in [0.5, 0.6) is 11.5 Å². The number of aromatic hydroxyl groups is 1. The Hall–Kier alpha value is -0.780. The zero-order valence-corrected chi connectivity index (χ0v) is 13.3. The van der Waals surface area contributed by atoms with Crippen molar-refractivity contribution in [1.82, 2.24) is 0 Å². The van der Waals surface area contributed by atoms with Crippen molar-refractivity contribution in [3.05, 3.63) is 29.3 Å². The highest BCUT2D eigenvalue weighted by Gasteiger charge is 2.42. The average Bonchev–Trinajstić information content (AvgIpc) is 2.48. The lowest BCUT2D eigenvalue weighted by atomic mass is 9.84. The predicted octanol–water partition coefficient (Wildman–Crippen LogP) is 3.61. The Kier molecular flexibility index (Phi) is 3.39. The lowest BCUT2D eigenvalue weighted by Gasteiger charge is -2.43. The summed E-state index contributed by atoms with van der Waals surface area (Å²) in [6, 6.07) is 5.20. The molecule has 21 heavy (non-hydrogen) atoms. The molecule has 1 aromatic rings. The molecule has 0 saturated carbocycles. The van der Waals surface area contributed by atoms with Gasteiger partial charge in [0.2, 0.25) is 6.29 Å². The first-order chi connectivity index (χ1) is 10.2. The molecule has 1 aromatic carbocycles. The van der Waals surface area contributed by atoms with Gasteiger partial charge in [0.1, 0.15) is 11.5 Å². The maximum atomic E-state index is 10.4. The van der Waals surface area contributed by atoms with E-state index < -0.39 is 6.29 Å². The van der Waals surface area contributed by atoms with Gasteiger partial charge in [0, 0.05) is 17.2 Å². The van der Waals surface area contributed by atoms with Gasteiger partial charge in [-0.1, -0.05) is 0 Å². The van der Waals surface area contributed by atoms with Gasteiger partial charge in [0.05, 0.1) is 4.08 Å². The zero-order valence-electron chi connectivity index (χ0n) is 11.7. The quantitative estimate of drug-likeness (QED) is 0.764. The molecule has 1 saturated heterocycles. The summed E-state index contributed by atoms with van der Waals surface area (Å²) in [6.07, 6.45) is 3.44. The van der Waals surface area contributed by atoms with Crippen LogP contribution in [0.3, 0.4) is 0 Å². The van der Waals surface area contributed by atoms with Gasteiger partial charge in [0.15, 0.2) is 0 Å². The van der Waals surface area contributed by atoms with Crippen molar-refractivity contribution in [2.45, 2.75) is 36.1 Å². The first kappa shape index (κ1) is 13.9. The van der Waals surface area contributed by atoms with E-state index in [0.717, 1.165) is 30.4 Å². The molecule has 1 aliphatic carbocycles. The topological polar surface area (TPSA) is 49.7 Å². The second-order valence-electron chi connectivity index (χ2n) is 5.79. The molecule has 5 heteroatoms. The van der Waals surface area contributed by atoms with Crippen molar-refractivity contribution in [2.75, 3.05) is 11.5 Å². The standard InChI is InChI=1S/C16H18O3S2/c17-10-2-3-12-11-4-5-16(20-6-1-7-21-16)9-13(11)15(18)19-14(12)8-10/h2-3,8,15,17-18H,1,4-7,9H2. The fraction of sp³-hybridized carbons (Fsp3) is 0.500. The van der Waals surface area contributed by atoms with Crippen LogP contribution >= 0.6 is 23.5 Å². The van der Waals surface area contributed by atoms with Crippen LogP contribution in [0.4, 0.5) is 0 Å². The SMILES string of the molecule is Oc1ccc2c(c1)OC(O)C1=C2CCC2(C1)SCCCS2. The number of rotatable bonds is 0. The third kappa shape index (κ3) is 2.35. The molecule has 112 valence electrons. The number of fused-ring (bicyclic) bond motifs is 2. The molecule has 1 unspecified atom stereocenters. The van der Waals surface area contributed by atoms with Crippen molar-refractivity contribution in [3.8, 4) is 11.5 Å². The lowest BCUT2D eigenvalue weighted by molar-refractivity contribution is 0.00806. The third-order valence-electron chi connectivity index (χ3n) is 4.45. The third-order valence-corrected chi connectivity index (χ3v) is 7.89.